The molecule has 1 heterocycles. The van der Waals surface area contributed by atoms with Crippen molar-refractivity contribution in [3.05, 3.63) is 46.8 Å². The second kappa shape index (κ2) is 6.86. The van der Waals surface area contributed by atoms with Crippen LogP contribution >= 0.6 is 0 Å². The van der Waals surface area contributed by atoms with E-state index in [1.165, 1.54) is 0 Å². The summed E-state index contributed by atoms with van der Waals surface area (Å²) >= 11 is 0. The van der Waals surface area contributed by atoms with Gasteiger partial charge < -0.3 is 10.1 Å². The first-order valence-corrected chi connectivity index (χ1v) is 7.75. The first-order chi connectivity index (χ1) is 10.8. The van der Waals surface area contributed by atoms with Crippen LogP contribution in [0.4, 0.5) is 0 Å². The molecule has 0 fully saturated rings. The Labute approximate surface area is 137 Å². The summed E-state index contributed by atoms with van der Waals surface area (Å²) in [6, 6.07) is 7.92. The van der Waals surface area contributed by atoms with Gasteiger partial charge in [-0.25, -0.2) is 0 Å². The summed E-state index contributed by atoms with van der Waals surface area (Å²) in [5.74, 6) is 0.845. The predicted octanol–water partition coefficient (Wildman–Crippen LogP) is 2.72. The van der Waals surface area contributed by atoms with E-state index in [4.69, 9.17) is 4.74 Å². The van der Waals surface area contributed by atoms with Gasteiger partial charge in [0.2, 0.25) is 5.91 Å². The SMILES string of the molecule is COc1ccc(CC(C)(C)NC(=O)Cc2c(C)n[nH]c2C)cc1. The minimum Gasteiger partial charge on any atom is -0.497 e. The number of aryl methyl sites for hydroxylation is 2. The summed E-state index contributed by atoms with van der Waals surface area (Å²) in [6.45, 7) is 7.91. The third-order valence-corrected chi connectivity index (χ3v) is 3.90. The highest BCUT2D eigenvalue weighted by molar-refractivity contribution is 5.79. The quantitative estimate of drug-likeness (QED) is 0.861. The fraction of sp³-hybridized carbons (Fsp3) is 0.444. The Hall–Kier alpha value is -2.30. The third-order valence-electron chi connectivity index (χ3n) is 3.90. The molecule has 0 aliphatic rings. The maximum atomic E-state index is 12.3. The first kappa shape index (κ1) is 17.1. The number of ether oxygens (including phenoxy) is 1. The maximum absolute atomic E-state index is 12.3. The molecule has 2 rings (SSSR count). The van der Waals surface area contributed by atoms with E-state index in [1.54, 1.807) is 7.11 Å². The van der Waals surface area contributed by atoms with Gasteiger partial charge >= 0.3 is 0 Å². The molecule has 0 bridgehead atoms. The minimum absolute atomic E-state index is 0.0103. The van der Waals surface area contributed by atoms with Gasteiger partial charge in [-0.15, -0.1) is 0 Å². The predicted molar refractivity (Wildman–Crippen MR) is 90.7 cm³/mol. The van der Waals surface area contributed by atoms with Crippen molar-refractivity contribution in [1.29, 1.82) is 0 Å². The van der Waals surface area contributed by atoms with Crippen LogP contribution in [0.3, 0.4) is 0 Å². The molecule has 2 aromatic rings. The second-order valence-corrected chi connectivity index (χ2v) is 6.55. The fourth-order valence-electron chi connectivity index (χ4n) is 2.71. The van der Waals surface area contributed by atoms with E-state index in [0.717, 1.165) is 34.7 Å². The maximum Gasteiger partial charge on any atom is 0.224 e. The number of carbonyl (C=O) groups excluding carboxylic acids is 1. The lowest BCUT2D eigenvalue weighted by atomic mass is 9.94. The summed E-state index contributed by atoms with van der Waals surface area (Å²) in [5.41, 5.74) is 3.64. The van der Waals surface area contributed by atoms with Gasteiger partial charge in [0.1, 0.15) is 5.75 Å². The van der Waals surface area contributed by atoms with Crippen LogP contribution < -0.4 is 10.1 Å². The van der Waals surface area contributed by atoms with Gasteiger partial charge in [-0.3, -0.25) is 9.89 Å². The Morgan fingerprint density at radius 1 is 1.26 bits per heavy atom. The molecule has 1 amide bonds. The van der Waals surface area contributed by atoms with Crippen molar-refractivity contribution in [2.24, 2.45) is 0 Å². The number of carbonyl (C=O) groups is 1. The van der Waals surface area contributed by atoms with Gasteiger partial charge in [0.15, 0.2) is 0 Å². The number of methoxy groups -OCH3 is 1. The van der Waals surface area contributed by atoms with Crippen LogP contribution in [0.1, 0.15) is 36.4 Å². The summed E-state index contributed by atoms with van der Waals surface area (Å²) in [4.78, 5) is 12.3. The molecule has 0 saturated carbocycles. The van der Waals surface area contributed by atoms with E-state index < -0.39 is 0 Å². The number of hydrogen-bond acceptors (Lipinski definition) is 3. The van der Waals surface area contributed by atoms with Crippen LogP contribution in [0.5, 0.6) is 5.75 Å². The topological polar surface area (TPSA) is 67.0 Å². The number of aromatic amines is 1. The number of nitrogens with zero attached hydrogens (tertiary/aromatic N) is 1. The first-order valence-electron chi connectivity index (χ1n) is 7.75. The molecule has 124 valence electrons. The molecule has 1 aromatic carbocycles. The minimum atomic E-state index is -0.322. The molecular weight excluding hydrogens is 290 g/mol. The highest BCUT2D eigenvalue weighted by Gasteiger charge is 2.22. The van der Waals surface area contributed by atoms with Crippen LogP contribution in [-0.2, 0) is 17.6 Å². The van der Waals surface area contributed by atoms with Gasteiger partial charge in [0, 0.05) is 16.8 Å². The van der Waals surface area contributed by atoms with Crippen molar-refractivity contribution in [3.8, 4) is 5.75 Å². The smallest absolute Gasteiger partial charge is 0.224 e. The summed E-state index contributed by atoms with van der Waals surface area (Å²) in [6.07, 6.45) is 1.10. The van der Waals surface area contributed by atoms with E-state index in [-0.39, 0.29) is 11.4 Å². The highest BCUT2D eigenvalue weighted by atomic mass is 16.5. The molecule has 0 spiro atoms. The summed E-state index contributed by atoms with van der Waals surface area (Å²) < 4.78 is 5.17. The Morgan fingerprint density at radius 3 is 2.43 bits per heavy atom. The summed E-state index contributed by atoms with van der Waals surface area (Å²) in [7, 11) is 1.65. The van der Waals surface area contributed by atoms with Crippen LogP contribution in [-0.4, -0.2) is 28.8 Å². The number of hydrogen-bond donors (Lipinski definition) is 2. The van der Waals surface area contributed by atoms with Crippen LogP contribution in [0.15, 0.2) is 24.3 Å². The van der Waals surface area contributed by atoms with Crippen molar-refractivity contribution in [2.75, 3.05) is 7.11 Å². The molecule has 0 atom stereocenters. The molecular formula is C18H25N3O2. The summed E-state index contributed by atoms with van der Waals surface area (Å²) in [5, 5.41) is 10.2. The Kier molecular flexibility index (Phi) is 5.08. The average Bonchev–Trinajstić information content (AvgIpc) is 2.79. The second-order valence-electron chi connectivity index (χ2n) is 6.55. The number of aromatic nitrogens is 2. The molecule has 0 saturated heterocycles. The lowest BCUT2D eigenvalue weighted by Gasteiger charge is -2.26. The zero-order valence-corrected chi connectivity index (χ0v) is 14.5. The molecule has 1 aromatic heterocycles. The molecule has 5 nitrogen and oxygen atoms in total. The molecule has 0 unspecified atom stereocenters. The molecule has 2 N–H and O–H groups in total. The molecule has 0 aliphatic heterocycles. The zero-order valence-electron chi connectivity index (χ0n) is 14.5. The largest absolute Gasteiger partial charge is 0.497 e. The lowest BCUT2D eigenvalue weighted by molar-refractivity contribution is -0.122. The van der Waals surface area contributed by atoms with Crippen molar-refractivity contribution in [3.63, 3.8) is 0 Å². The molecule has 23 heavy (non-hydrogen) atoms. The van der Waals surface area contributed by atoms with Crippen LogP contribution in [0.25, 0.3) is 0 Å². The highest BCUT2D eigenvalue weighted by Crippen LogP contribution is 2.17. The number of amides is 1. The Bertz CT molecular complexity index is 653. The number of benzene rings is 1. The van der Waals surface area contributed by atoms with Crippen LogP contribution in [0.2, 0.25) is 0 Å². The van der Waals surface area contributed by atoms with E-state index in [1.807, 2.05) is 52.0 Å². The van der Waals surface area contributed by atoms with Gasteiger partial charge in [-0.1, -0.05) is 12.1 Å². The fourth-order valence-corrected chi connectivity index (χ4v) is 2.71. The standard InChI is InChI=1S/C18H25N3O2/c1-12-16(13(2)21-20-12)10-17(22)19-18(3,4)11-14-6-8-15(23-5)9-7-14/h6-9H,10-11H2,1-5H3,(H,19,22)(H,20,21). The van der Waals surface area contributed by atoms with Crippen molar-refractivity contribution < 1.29 is 9.53 Å². The molecule has 0 aliphatic carbocycles. The lowest BCUT2D eigenvalue weighted by Crippen LogP contribution is -2.45. The van der Waals surface area contributed by atoms with Gasteiger partial charge in [0.25, 0.3) is 0 Å². The van der Waals surface area contributed by atoms with Gasteiger partial charge in [0.05, 0.1) is 19.2 Å². The average molecular weight is 315 g/mol. The normalized spacial score (nSPS) is 11.3. The van der Waals surface area contributed by atoms with E-state index in [9.17, 15) is 4.79 Å². The Morgan fingerprint density at radius 2 is 1.91 bits per heavy atom. The molecule has 0 radical (unpaired) electrons. The van der Waals surface area contributed by atoms with E-state index in [2.05, 4.69) is 15.5 Å². The van der Waals surface area contributed by atoms with E-state index in [0.29, 0.717) is 6.42 Å². The number of H-pyrrole nitrogens is 1. The van der Waals surface area contributed by atoms with Crippen LogP contribution in [0, 0.1) is 13.8 Å². The third kappa shape index (κ3) is 4.58. The van der Waals surface area contributed by atoms with Gasteiger partial charge in [-0.05, 0) is 51.8 Å². The number of rotatable bonds is 6. The monoisotopic (exact) mass is 315 g/mol. The van der Waals surface area contributed by atoms with Gasteiger partial charge in [-0.2, -0.15) is 5.10 Å². The van der Waals surface area contributed by atoms with E-state index >= 15 is 0 Å². The Balaban J connectivity index is 1.98. The van der Waals surface area contributed by atoms with Crippen molar-refractivity contribution in [2.45, 2.75) is 46.1 Å². The number of nitrogens with one attached hydrogen (secondary N) is 2. The van der Waals surface area contributed by atoms with Crippen molar-refractivity contribution >= 4 is 5.91 Å². The zero-order chi connectivity index (χ0) is 17.0. The van der Waals surface area contributed by atoms with Crippen molar-refractivity contribution in [1.82, 2.24) is 15.5 Å². The molecule has 5 heteroatoms.